The topological polar surface area (TPSA) is 151 Å². The third-order valence-corrected chi connectivity index (χ3v) is 5.45. The summed E-state index contributed by atoms with van der Waals surface area (Å²) in [6.45, 7) is 1.67. The predicted molar refractivity (Wildman–Crippen MR) is 133 cm³/mol. The van der Waals surface area contributed by atoms with Crippen LogP contribution in [0.1, 0.15) is 31.2 Å². The number of phenols is 1. The Morgan fingerprint density at radius 2 is 1.77 bits per heavy atom. The zero-order chi connectivity index (χ0) is 24.6. The molecule has 0 saturated carbocycles. The number of hydrazone groups is 1. The van der Waals surface area contributed by atoms with Crippen LogP contribution in [0.5, 0.6) is 11.5 Å². The monoisotopic (exact) mass is 478 g/mol. The molecule has 0 spiro atoms. The SMILES string of the molecule is COc1ccc(O)c(/C=N\Nc2nc(Nc3ccc([N+](=O)[O-])cc3)nc(N3CCCCCC3)n2)c1. The Bertz CT molecular complexity index is 1190. The summed E-state index contributed by atoms with van der Waals surface area (Å²) in [7, 11) is 1.54. The second-order valence-electron chi connectivity index (χ2n) is 7.91. The summed E-state index contributed by atoms with van der Waals surface area (Å²) >= 11 is 0. The average Bonchev–Trinajstić information content (AvgIpc) is 3.15. The first-order valence-electron chi connectivity index (χ1n) is 11.2. The van der Waals surface area contributed by atoms with E-state index in [-0.39, 0.29) is 23.3 Å². The molecular formula is C23H26N8O4. The zero-order valence-electron chi connectivity index (χ0n) is 19.2. The number of benzene rings is 2. The third-order valence-electron chi connectivity index (χ3n) is 5.45. The molecule has 1 aliphatic rings. The number of hydrogen-bond donors (Lipinski definition) is 3. The van der Waals surface area contributed by atoms with E-state index >= 15 is 0 Å². The Morgan fingerprint density at radius 1 is 1.06 bits per heavy atom. The molecule has 0 atom stereocenters. The maximum absolute atomic E-state index is 10.9. The lowest BCUT2D eigenvalue weighted by Crippen LogP contribution is -2.26. The lowest BCUT2D eigenvalue weighted by Gasteiger charge is -2.21. The van der Waals surface area contributed by atoms with Gasteiger partial charge in [0.1, 0.15) is 11.5 Å². The van der Waals surface area contributed by atoms with Gasteiger partial charge in [-0.25, -0.2) is 5.43 Å². The number of methoxy groups -OCH3 is 1. The summed E-state index contributed by atoms with van der Waals surface area (Å²) in [5, 5.41) is 28.2. The van der Waals surface area contributed by atoms with Crippen LogP contribution in [0.25, 0.3) is 0 Å². The molecule has 0 bridgehead atoms. The van der Waals surface area contributed by atoms with Gasteiger partial charge in [0, 0.05) is 36.5 Å². The number of nitro groups is 1. The standard InChI is InChI=1S/C23H26N8O4/c1-35-19-10-11-20(32)16(14-19)15-24-29-22-26-21(25-17-6-8-18(9-7-17)31(33)34)27-23(28-22)30-12-4-2-3-5-13-30/h6-11,14-15,32H,2-5,12-13H2,1H3,(H2,25,26,27,28,29)/b24-15-. The quantitative estimate of drug-likeness (QED) is 0.245. The van der Waals surface area contributed by atoms with Crippen molar-refractivity contribution >= 4 is 35.4 Å². The highest BCUT2D eigenvalue weighted by atomic mass is 16.6. The van der Waals surface area contributed by atoms with Crippen LogP contribution >= 0.6 is 0 Å². The number of aromatic hydroxyl groups is 1. The van der Waals surface area contributed by atoms with Crippen molar-refractivity contribution < 1.29 is 14.8 Å². The van der Waals surface area contributed by atoms with Gasteiger partial charge in [0.2, 0.25) is 17.8 Å². The summed E-state index contributed by atoms with van der Waals surface area (Å²) in [5.41, 5.74) is 3.85. The molecule has 3 aromatic rings. The second kappa shape index (κ2) is 11.1. The molecule has 1 aliphatic heterocycles. The fourth-order valence-electron chi connectivity index (χ4n) is 3.60. The van der Waals surface area contributed by atoms with Gasteiger partial charge in [0.15, 0.2) is 0 Å². The van der Waals surface area contributed by atoms with Crippen LogP contribution in [-0.4, -0.2) is 51.4 Å². The van der Waals surface area contributed by atoms with Crippen LogP contribution in [0.4, 0.5) is 29.2 Å². The fourth-order valence-corrected chi connectivity index (χ4v) is 3.60. The minimum Gasteiger partial charge on any atom is -0.507 e. The van der Waals surface area contributed by atoms with Gasteiger partial charge in [0.25, 0.3) is 5.69 Å². The molecule has 35 heavy (non-hydrogen) atoms. The Morgan fingerprint density at radius 3 is 2.46 bits per heavy atom. The molecule has 3 N–H and O–H groups in total. The Labute approximate surface area is 201 Å². The molecular weight excluding hydrogens is 452 g/mol. The first-order valence-corrected chi connectivity index (χ1v) is 11.2. The fraction of sp³-hybridized carbons (Fsp3) is 0.304. The molecule has 0 unspecified atom stereocenters. The van der Waals surface area contributed by atoms with E-state index in [9.17, 15) is 15.2 Å². The van der Waals surface area contributed by atoms with Gasteiger partial charge < -0.3 is 20.1 Å². The van der Waals surface area contributed by atoms with Crippen LogP contribution in [0.15, 0.2) is 47.6 Å². The number of ether oxygens (including phenoxy) is 1. The van der Waals surface area contributed by atoms with Crippen molar-refractivity contribution in [3.05, 3.63) is 58.1 Å². The van der Waals surface area contributed by atoms with Gasteiger partial charge in [-0.15, -0.1) is 0 Å². The first-order chi connectivity index (χ1) is 17.0. The van der Waals surface area contributed by atoms with Crippen LogP contribution in [-0.2, 0) is 0 Å². The van der Waals surface area contributed by atoms with Gasteiger partial charge in [0.05, 0.1) is 18.2 Å². The molecule has 2 aromatic carbocycles. The Balaban J connectivity index is 1.58. The van der Waals surface area contributed by atoms with Crippen molar-refractivity contribution in [2.75, 3.05) is 35.8 Å². The van der Waals surface area contributed by atoms with E-state index in [0.717, 1.165) is 38.8 Å². The van der Waals surface area contributed by atoms with Crippen LogP contribution in [0, 0.1) is 10.1 Å². The van der Waals surface area contributed by atoms with Gasteiger partial charge >= 0.3 is 0 Å². The Hall–Kier alpha value is -4.48. The van der Waals surface area contributed by atoms with Crippen molar-refractivity contribution in [1.82, 2.24) is 15.0 Å². The van der Waals surface area contributed by atoms with E-state index < -0.39 is 4.92 Å². The summed E-state index contributed by atoms with van der Waals surface area (Å²) in [6.07, 6.45) is 5.86. The molecule has 182 valence electrons. The number of nitrogens with zero attached hydrogens (tertiary/aromatic N) is 6. The molecule has 12 nitrogen and oxygen atoms in total. The average molecular weight is 479 g/mol. The number of nitrogens with one attached hydrogen (secondary N) is 2. The highest BCUT2D eigenvalue weighted by molar-refractivity contribution is 5.84. The molecule has 1 fully saturated rings. The predicted octanol–water partition coefficient (Wildman–Crippen LogP) is 4.06. The minimum absolute atomic E-state index is 0.00561. The minimum atomic E-state index is -0.454. The number of non-ortho nitro benzene ring substituents is 1. The largest absolute Gasteiger partial charge is 0.507 e. The lowest BCUT2D eigenvalue weighted by molar-refractivity contribution is -0.384. The number of phenolic OH excluding ortho intramolecular Hbond substituents is 1. The normalized spacial score (nSPS) is 13.9. The molecule has 1 aromatic heterocycles. The summed E-state index contributed by atoms with van der Waals surface area (Å²) in [6, 6.07) is 10.8. The van der Waals surface area contributed by atoms with Crippen molar-refractivity contribution in [3.63, 3.8) is 0 Å². The Kier molecular flexibility index (Phi) is 7.50. The summed E-state index contributed by atoms with van der Waals surface area (Å²) < 4.78 is 5.18. The maximum atomic E-state index is 10.9. The lowest BCUT2D eigenvalue weighted by atomic mass is 10.2. The smallest absolute Gasteiger partial charge is 0.269 e. The van der Waals surface area contributed by atoms with E-state index in [1.165, 1.54) is 24.4 Å². The third kappa shape index (κ3) is 6.31. The zero-order valence-corrected chi connectivity index (χ0v) is 19.2. The van der Waals surface area contributed by atoms with Crippen molar-refractivity contribution in [2.24, 2.45) is 5.10 Å². The summed E-state index contributed by atoms with van der Waals surface area (Å²) in [5.74, 6) is 1.63. The number of hydrogen-bond acceptors (Lipinski definition) is 11. The van der Waals surface area contributed by atoms with E-state index in [4.69, 9.17) is 4.74 Å². The molecule has 12 heteroatoms. The van der Waals surface area contributed by atoms with E-state index in [0.29, 0.717) is 22.9 Å². The number of rotatable bonds is 8. The number of nitro benzene ring substituents is 1. The molecule has 4 rings (SSSR count). The maximum Gasteiger partial charge on any atom is 0.269 e. The van der Waals surface area contributed by atoms with E-state index in [2.05, 4.69) is 35.7 Å². The van der Waals surface area contributed by atoms with Gasteiger partial charge in [-0.05, 0) is 43.2 Å². The number of aromatic nitrogens is 3. The van der Waals surface area contributed by atoms with E-state index in [1.54, 1.807) is 31.4 Å². The molecule has 0 radical (unpaired) electrons. The van der Waals surface area contributed by atoms with Crippen molar-refractivity contribution in [1.29, 1.82) is 0 Å². The first kappa shape index (κ1) is 23.7. The highest BCUT2D eigenvalue weighted by Crippen LogP contribution is 2.23. The molecule has 0 aliphatic carbocycles. The van der Waals surface area contributed by atoms with Crippen LogP contribution in [0.3, 0.4) is 0 Å². The van der Waals surface area contributed by atoms with Crippen LogP contribution in [0.2, 0.25) is 0 Å². The van der Waals surface area contributed by atoms with Gasteiger partial charge in [-0.1, -0.05) is 12.8 Å². The van der Waals surface area contributed by atoms with Crippen molar-refractivity contribution in [2.45, 2.75) is 25.7 Å². The molecule has 1 saturated heterocycles. The van der Waals surface area contributed by atoms with Crippen LogP contribution < -0.4 is 20.4 Å². The van der Waals surface area contributed by atoms with Crippen molar-refractivity contribution in [3.8, 4) is 11.5 Å². The summed E-state index contributed by atoms with van der Waals surface area (Å²) in [4.78, 5) is 26.1. The second-order valence-corrected chi connectivity index (χ2v) is 7.91. The van der Waals surface area contributed by atoms with Gasteiger partial charge in [-0.2, -0.15) is 20.1 Å². The van der Waals surface area contributed by atoms with Gasteiger partial charge in [-0.3, -0.25) is 10.1 Å². The highest BCUT2D eigenvalue weighted by Gasteiger charge is 2.16. The van der Waals surface area contributed by atoms with E-state index in [1.807, 2.05) is 0 Å². The molecule has 0 amide bonds. The number of anilines is 4. The molecule has 2 heterocycles.